The minimum Gasteiger partial charge on any atom is -0.353 e. The molecule has 2 rings (SSSR count). The van der Waals surface area contributed by atoms with Crippen molar-refractivity contribution in [2.45, 2.75) is 32.2 Å². The molecule has 4 N–H and O–H groups in total. The summed E-state index contributed by atoms with van der Waals surface area (Å²) in [6.07, 6.45) is 3.39. The molecule has 0 heterocycles. The molecule has 92 valence electrons. The van der Waals surface area contributed by atoms with Gasteiger partial charge in [0.1, 0.15) is 0 Å². The minimum absolute atomic E-state index is 0.573. The molecular formula is C13H20N4. The lowest BCUT2D eigenvalue weighted by Gasteiger charge is -2.07. The smallest absolute Gasteiger partial charge is 0.205 e. The summed E-state index contributed by atoms with van der Waals surface area (Å²) in [6, 6.07) is 9.09. The highest BCUT2D eigenvalue weighted by Crippen LogP contribution is 2.18. The summed E-state index contributed by atoms with van der Waals surface area (Å²) in [6.45, 7) is 2.86. The van der Waals surface area contributed by atoms with E-state index in [1.807, 2.05) is 0 Å². The van der Waals surface area contributed by atoms with Crippen LogP contribution in [0.5, 0.6) is 0 Å². The van der Waals surface area contributed by atoms with Crippen molar-refractivity contribution in [3.05, 3.63) is 35.4 Å². The first kappa shape index (κ1) is 11.9. The zero-order valence-corrected chi connectivity index (χ0v) is 10.2. The Morgan fingerprint density at radius 2 is 2.29 bits per heavy atom. The second-order valence-electron chi connectivity index (χ2n) is 4.53. The van der Waals surface area contributed by atoms with E-state index in [9.17, 15) is 0 Å². The number of nitrogens with one attached hydrogen (secondary N) is 2. The number of rotatable bonds is 4. The van der Waals surface area contributed by atoms with Crippen LogP contribution >= 0.6 is 0 Å². The molecule has 0 spiro atoms. The van der Waals surface area contributed by atoms with Crippen LogP contribution in [0, 0.1) is 6.92 Å². The molecule has 0 saturated heterocycles. The van der Waals surface area contributed by atoms with Crippen LogP contribution in [0.3, 0.4) is 0 Å². The summed E-state index contributed by atoms with van der Waals surface area (Å²) < 4.78 is 0. The van der Waals surface area contributed by atoms with E-state index >= 15 is 0 Å². The van der Waals surface area contributed by atoms with Crippen molar-refractivity contribution in [2.75, 3.05) is 6.54 Å². The van der Waals surface area contributed by atoms with Gasteiger partial charge >= 0.3 is 0 Å². The molecule has 1 aromatic carbocycles. The molecule has 0 radical (unpaired) electrons. The van der Waals surface area contributed by atoms with Gasteiger partial charge in [-0.2, -0.15) is 0 Å². The molecule has 17 heavy (non-hydrogen) atoms. The maximum atomic E-state index is 5.41. The Balaban J connectivity index is 1.82. The average Bonchev–Trinajstić information content (AvgIpc) is 3.12. The number of nitrogens with two attached hydrogens (primary N) is 1. The molecule has 4 heteroatoms. The van der Waals surface area contributed by atoms with E-state index in [1.165, 1.54) is 24.0 Å². The Bertz CT molecular complexity index is 396. The van der Waals surface area contributed by atoms with Gasteiger partial charge in [-0.1, -0.05) is 29.8 Å². The molecule has 1 fully saturated rings. The fourth-order valence-electron chi connectivity index (χ4n) is 1.72. The molecule has 0 unspecified atom stereocenters. The number of aliphatic imine (C=N–C) groups is 1. The second-order valence-corrected chi connectivity index (χ2v) is 4.53. The van der Waals surface area contributed by atoms with Gasteiger partial charge in [0.15, 0.2) is 0 Å². The Morgan fingerprint density at radius 1 is 1.47 bits per heavy atom. The predicted molar refractivity (Wildman–Crippen MR) is 70.7 cm³/mol. The largest absolute Gasteiger partial charge is 0.353 e. The Morgan fingerprint density at radius 3 is 2.94 bits per heavy atom. The highest BCUT2D eigenvalue weighted by Gasteiger charge is 2.21. The quantitative estimate of drug-likeness (QED) is 0.315. The third-order valence-electron chi connectivity index (χ3n) is 2.81. The Labute approximate surface area is 102 Å². The molecular weight excluding hydrogens is 212 g/mol. The van der Waals surface area contributed by atoms with Gasteiger partial charge < -0.3 is 5.32 Å². The molecule has 0 amide bonds. The summed E-state index contributed by atoms with van der Waals surface area (Å²) in [4.78, 5) is 4.42. The Hall–Kier alpha value is -1.55. The third kappa shape index (κ3) is 4.07. The maximum absolute atomic E-state index is 5.41. The van der Waals surface area contributed by atoms with Crippen LogP contribution in [0.4, 0.5) is 0 Å². The van der Waals surface area contributed by atoms with Crippen LogP contribution in [-0.2, 0) is 6.42 Å². The van der Waals surface area contributed by atoms with Crippen molar-refractivity contribution >= 4 is 5.96 Å². The fraction of sp³-hybridized carbons (Fsp3) is 0.462. The van der Waals surface area contributed by atoms with Crippen LogP contribution in [-0.4, -0.2) is 18.5 Å². The molecule has 1 aromatic rings. The lowest BCUT2D eigenvalue weighted by Crippen LogP contribution is -2.42. The van der Waals surface area contributed by atoms with Gasteiger partial charge in [0.05, 0.1) is 0 Å². The highest BCUT2D eigenvalue weighted by atomic mass is 15.3. The van der Waals surface area contributed by atoms with Gasteiger partial charge in [0.25, 0.3) is 0 Å². The van der Waals surface area contributed by atoms with Crippen LogP contribution in [0.2, 0.25) is 0 Å². The Kier molecular flexibility index (Phi) is 3.98. The summed E-state index contributed by atoms with van der Waals surface area (Å²) in [5.41, 5.74) is 5.22. The standard InChI is InChI=1S/C13H20N4/c1-10-3-2-4-11(9-10)7-8-15-13(17-14)16-12-5-6-12/h2-4,9,12H,5-8,14H2,1H3,(H2,15,16,17). The van der Waals surface area contributed by atoms with Crippen LogP contribution in [0.25, 0.3) is 0 Å². The van der Waals surface area contributed by atoms with E-state index in [0.29, 0.717) is 12.0 Å². The molecule has 4 nitrogen and oxygen atoms in total. The highest BCUT2D eigenvalue weighted by molar-refractivity contribution is 5.79. The van der Waals surface area contributed by atoms with Gasteiger partial charge in [-0.25, -0.2) is 5.84 Å². The van der Waals surface area contributed by atoms with E-state index < -0.39 is 0 Å². The van der Waals surface area contributed by atoms with Gasteiger partial charge in [0, 0.05) is 12.6 Å². The number of guanidine groups is 1. The van der Waals surface area contributed by atoms with Gasteiger partial charge in [-0.15, -0.1) is 0 Å². The number of hydrogen-bond acceptors (Lipinski definition) is 2. The molecule has 0 atom stereocenters. The van der Waals surface area contributed by atoms with Crippen LogP contribution in [0.1, 0.15) is 24.0 Å². The number of aryl methyl sites for hydroxylation is 1. The summed E-state index contributed by atoms with van der Waals surface area (Å²) in [7, 11) is 0. The summed E-state index contributed by atoms with van der Waals surface area (Å²) >= 11 is 0. The number of hydrazine groups is 1. The fourth-order valence-corrected chi connectivity index (χ4v) is 1.72. The third-order valence-corrected chi connectivity index (χ3v) is 2.81. The predicted octanol–water partition coefficient (Wildman–Crippen LogP) is 1.11. The monoisotopic (exact) mass is 232 g/mol. The molecule has 1 aliphatic rings. The van der Waals surface area contributed by atoms with Crippen molar-refractivity contribution in [3.63, 3.8) is 0 Å². The van der Waals surface area contributed by atoms with Crippen LogP contribution < -0.4 is 16.6 Å². The zero-order chi connectivity index (χ0) is 12.1. The average molecular weight is 232 g/mol. The van der Waals surface area contributed by atoms with E-state index in [4.69, 9.17) is 5.84 Å². The lowest BCUT2D eigenvalue weighted by molar-refractivity contribution is 0.816. The summed E-state index contributed by atoms with van der Waals surface area (Å²) in [5, 5.41) is 3.25. The lowest BCUT2D eigenvalue weighted by atomic mass is 10.1. The SMILES string of the molecule is Cc1cccc(CCN=C(NN)NC2CC2)c1. The minimum atomic E-state index is 0.573. The first-order valence-corrected chi connectivity index (χ1v) is 6.11. The molecule has 1 aliphatic carbocycles. The number of benzene rings is 1. The number of nitrogens with zero attached hydrogens (tertiary/aromatic N) is 1. The molecule has 0 aromatic heterocycles. The maximum Gasteiger partial charge on any atom is 0.205 e. The van der Waals surface area contributed by atoms with Crippen molar-refractivity contribution < 1.29 is 0 Å². The van der Waals surface area contributed by atoms with Gasteiger partial charge in [-0.3, -0.25) is 10.4 Å². The molecule has 1 saturated carbocycles. The number of hydrogen-bond donors (Lipinski definition) is 3. The first-order chi connectivity index (χ1) is 8.28. The molecule has 0 aliphatic heterocycles. The van der Waals surface area contributed by atoms with E-state index in [0.717, 1.165) is 13.0 Å². The van der Waals surface area contributed by atoms with E-state index in [1.54, 1.807) is 0 Å². The zero-order valence-electron chi connectivity index (χ0n) is 10.2. The van der Waals surface area contributed by atoms with Crippen molar-refractivity contribution in [1.29, 1.82) is 0 Å². The van der Waals surface area contributed by atoms with Gasteiger partial charge in [-0.05, 0) is 31.7 Å². The van der Waals surface area contributed by atoms with E-state index in [-0.39, 0.29) is 0 Å². The molecule has 0 bridgehead atoms. The van der Waals surface area contributed by atoms with Crippen molar-refractivity contribution in [3.8, 4) is 0 Å². The van der Waals surface area contributed by atoms with Crippen LogP contribution in [0.15, 0.2) is 29.3 Å². The normalized spacial score (nSPS) is 15.8. The second kappa shape index (κ2) is 5.68. The topological polar surface area (TPSA) is 62.4 Å². The van der Waals surface area contributed by atoms with Crippen molar-refractivity contribution in [1.82, 2.24) is 10.7 Å². The van der Waals surface area contributed by atoms with Crippen molar-refractivity contribution in [2.24, 2.45) is 10.8 Å². The van der Waals surface area contributed by atoms with Gasteiger partial charge in [0.2, 0.25) is 5.96 Å². The summed E-state index contributed by atoms with van der Waals surface area (Å²) in [5.74, 6) is 6.12. The first-order valence-electron chi connectivity index (χ1n) is 6.11. The van der Waals surface area contributed by atoms with E-state index in [2.05, 4.69) is 46.9 Å².